The van der Waals surface area contributed by atoms with Crippen LogP contribution in [0.2, 0.25) is 0 Å². The van der Waals surface area contributed by atoms with Crippen LogP contribution in [0, 0.1) is 5.82 Å². The van der Waals surface area contributed by atoms with E-state index in [-0.39, 0.29) is 11.4 Å². The van der Waals surface area contributed by atoms with Crippen LogP contribution in [0.3, 0.4) is 0 Å². The lowest BCUT2D eigenvalue weighted by molar-refractivity contribution is -0.129. The molecule has 0 radical (unpaired) electrons. The van der Waals surface area contributed by atoms with Crippen LogP contribution in [0.5, 0.6) is 0 Å². The first-order valence-corrected chi connectivity index (χ1v) is 9.83. The van der Waals surface area contributed by atoms with Crippen molar-refractivity contribution in [1.29, 1.82) is 0 Å². The molecular formula is C20H17FN2O5S. The first-order valence-electron chi connectivity index (χ1n) is 8.44. The minimum Gasteiger partial charge on any atom is -0.289 e. The molecule has 150 valence electrons. The van der Waals surface area contributed by atoms with Crippen LogP contribution in [0.15, 0.2) is 78.9 Å². The number of hydroxylamine groups is 1. The molecule has 3 rings (SSSR count). The normalized spacial score (nSPS) is 12.2. The van der Waals surface area contributed by atoms with E-state index in [1.807, 2.05) is 0 Å². The molecule has 0 bridgehead atoms. The zero-order valence-electron chi connectivity index (χ0n) is 14.9. The number of hydrogen-bond donors (Lipinski definition) is 3. The van der Waals surface area contributed by atoms with Crippen molar-refractivity contribution >= 4 is 27.6 Å². The van der Waals surface area contributed by atoms with Gasteiger partial charge in [0.2, 0.25) is 0 Å². The number of carbonyl (C=O) groups is 1. The highest BCUT2D eigenvalue weighted by molar-refractivity contribution is 7.87. The van der Waals surface area contributed by atoms with Crippen LogP contribution < -0.4 is 9.79 Å². The van der Waals surface area contributed by atoms with E-state index in [0.29, 0.717) is 15.4 Å². The number of halogens is 1. The first-order chi connectivity index (χ1) is 13.8. The molecule has 0 aliphatic carbocycles. The van der Waals surface area contributed by atoms with Gasteiger partial charge in [-0.2, -0.15) is 8.42 Å². The van der Waals surface area contributed by atoms with Gasteiger partial charge in [0.25, 0.3) is 5.91 Å². The van der Waals surface area contributed by atoms with Gasteiger partial charge in [0.1, 0.15) is 5.82 Å². The van der Waals surface area contributed by atoms with Gasteiger partial charge in [-0.05, 0) is 35.4 Å². The third kappa shape index (κ3) is 4.43. The van der Waals surface area contributed by atoms with E-state index in [1.54, 1.807) is 41.9 Å². The van der Waals surface area contributed by atoms with Crippen LogP contribution >= 0.6 is 0 Å². The second-order valence-corrected chi connectivity index (χ2v) is 7.37. The molecule has 0 heterocycles. The van der Waals surface area contributed by atoms with E-state index in [4.69, 9.17) is 5.21 Å². The van der Waals surface area contributed by atoms with E-state index >= 15 is 0 Å². The topological polar surface area (TPSA) is 107 Å². The lowest BCUT2D eigenvalue weighted by atomic mass is 9.90. The monoisotopic (exact) mass is 416 g/mol. The summed E-state index contributed by atoms with van der Waals surface area (Å²) in [7, 11) is -4.88. The highest BCUT2D eigenvalue weighted by Gasteiger charge is 2.27. The number of benzene rings is 3. The number of nitrogens with zero attached hydrogens (tertiary/aromatic N) is 1. The standard InChI is InChI=1S/C20H17FN2O5S/c21-17-11-4-5-12-18(17)23(29(26,27)28)16-10-6-9-15(13-16)19(20(24)22-25)14-7-2-1-3-8-14/h1-13,19,25H,(H,22,24)(H,26,27,28). The predicted octanol–water partition coefficient (Wildman–Crippen LogP) is 3.40. The van der Waals surface area contributed by atoms with Crippen molar-refractivity contribution in [2.24, 2.45) is 0 Å². The van der Waals surface area contributed by atoms with E-state index in [0.717, 1.165) is 6.07 Å². The van der Waals surface area contributed by atoms with E-state index < -0.39 is 27.9 Å². The van der Waals surface area contributed by atoms with Gasteiger partial charge < -0.3 is 0 Å². The summed E-state index contributed by atoms with van der Waals surface area (Å²) in [4.78, 5) is 12.3. The van der Waals surface area contributed by atoms with Gasteiger partial charge in [-0.25, -0.2) is 14.2 Å². The van der Waals surface area contributed by atoms with Crippen LogP contribution in [0.1, 0.15) is 17.0 Å². The molecule has 7 nitrogen and oxygen atoms in total. The first kappa shape index (κ1) is 20.5. The van der Waals surface area contributed by atoms with Crippen LogP contribution in [-0.2, 0) is 15.1 Å². The lowest BCUT2D eigenvalue weighted by Crippen LogP contribution is -2.28. The lowest BCUT2D eigenvalue weighted by Gasteiger charge is -2.23. The Hall–Kier alpha value is -3.27. The van der Waals surface area contributed by atoms with Crippen molar-refractivity contribution in [2.45, 2.75) is 5.92 Å². The van der Waals surface area contributed by atoms with Crippen molar-refractivity contribution in [1.82, 2.24) is 5.48 Å². The Kier molecular flexibility index (Phi) is 5.92. The Morgan fingerprint density at radius 3 is 2.17 bits per heavy atom. The fourth-order valence-electron chi connectivity index (χ4n) is 3.05. The molecule has 0 aliphatic heterocycles. The van der Waals surface area contributed by atoms with E-state index in [9.17, 15) is 22.2 Å². The minimum atomic E-state index is -4.88. The molecule has 0 saturated carbocycles. The zero-order chi connectivity index (χ0) is 21.0. The molecule has 0 saturated heterocycles. The third-order valence-corrected chi connectivity index (χ3v) is 5.11. The molecule has 1 unspecified atom stereocenters. The molecule has 3 aromatic carbocycles. The largest absolute Gasteiger partial charge is 0.364 e. The second-order valence-electron chi connectivity index (χ2n) is 6.11. The van der Waals surface area contributed by atoms with Crippen LogP contribution in [-0.4, -0.2) is 24.1 Å². The van der Waals surface area contributed by atoms with Crippen molar-refractivity contribution in [2.75, 3.05) is 4.31 Å². The molecule has 1 amide bonds. The maximum Gasteiger partial charge on any atom is 0.364 e. The molecule has 1 atom stereocenters. The number of hydrogen-bond acceptors (Lipinski definition) is 4. The SMILES string of the molecule is O=C(NO)C(c1ccccc1)c1cccc(N(c2ccccc2F)S(=O)(=O)O)c1. The predicted molar refractivity (Wildman–Crippen MR) is 105 cm³/mol. The summed E-state index contributed by atoms with van der Waals surface area (Å²) in [5.74, 6) is -2.56. The van der Waals surface area contributed by atoms with Gasteiger partial charge in [0.05, 0.1) is 17.3 Å². The molecule has 9 heteroatoms. The molecule has 3 aromatic rings. The minimum absolute atomic E-state index is 0.0817. The molecular weight excluding hydrogens is 399 g/mol. The van der Waals surface area contributed by atoms with Gasteiger partial charge in [-0.15, -0.1) is 0 Å². The average molecular weight is 416 g/mol. The maximum atomic E-state index is 14.2. The van der Waals surface area contributed by atoms with Gasteiger partial charge in [0, 0.05) is 0 Å². The summed E-state index contributed by atoms with van der Waals surface area (Å²) in [5.41, 5.74) is 2.01. The maximum absolute atomic E-state index is 14.2. The number of amides is 1. The Morgan fingerprint density at radius 2 is 1.55 bits per heavy atom. The Labute approximate surface area is 166 Å². The molecule has 0 fully saturated rings. The van der Waals surface area contributed by atoms with Gasteiger partial charge in [-0.3, -0.25) is 14.6 Å². The van der Waals surface area contributed by atoms with Gasteiger partial charge >= 0.3 is 10.3 Å². The number of carbonyl (C=O) groups excluding carboxylic acids is 1. The van der Waals surface area contributed by atoms with Crippen molar-refractivity contribution in [3.8, 4) is 0 Å². The smallest absolute Gasteiger partial charge is 0.289 e. The fourth-order valence-corrected chi connectivity index (χ4v) is 3.83. The summed E-state index contributed by atoms with van der Waals surface area (Å²) in [5, 5.41) is 9.15. The summed E-state index contributed by atoms with van der Waals surface area (Å²) in [6, 6.07) is 19.3. The second kappa shape index (κ2) is 8.39. The summed E-state index contributed by atoms with van der Waals surface area (Å²) in [6.45, 7) is 0. The molecule has 0 aromatic heterocycles. The molecule has 3 N–H and O–H groups in total. The number of rotatable bonds is 6. The van der Waals surface area contributed by atoms with E-state index in [2.05, 4.69) is 0 Å². The quantitative estimate of drug-likeness (QED) is 0.324. The summed E-state index contributed by atoms with van der Waals surface area (Å²) >= 11 is 0. The summed E-state index contributed by atoms with van der Waals surface area (Å²) in [6.07, 6.45) is 0. The molecule has 0 aliphatic rings. The number of nitrogens with one attached hydrogen (secondary N) is 1. The van der Waals surface area contributed by atoms with Crippen molar-refractivity contribution in [3.63, 3.8) is 0 Å². The Balaban J connectivity index is 2.16. The van der Waals surface area contributed by atoms with Crippen LogP contribution in [0.4, 0.5) is 15.8 Å². The Bertz CT molecular complexity index is 1120. The fraction of sp³-hybridized carbons (Fsp3) is 0.0500. The zero-order valence-corrected chi connectivity index (χ0v) is 15.8. The average Bonchev–Trinajstić information content (AvgIpc) is 2.70. The number of para-hydroxylation sites is 1. The van der Waals surface area contributed by atoms with Crippen LogP contribution in [0.25, 0.3) is 0 Å². The van der Waals surface area contributed by atoms with Gasteiger partial charge in [-0.1, -0.05) is 54.6 Å². The number of anilines is 2. The van der Waals surface area contributed by atoms with Crippen molar-refractivity contribution < 1.29 is 27.4 Å². The van der Waals surface area contributed by atoms with Crippen molar-refractivity contribution in [3.05, 3.63) is 95.8 Å². The van der Waals surface area contributed by atoms with E-state index in [1.165, 1.54) is 36.4 Å². The molecule has 0 spiro atoms. The molecule has 29 heavy (non-hydrogen) atoms. The highest BCUT2D eigenvalue weighted by Crippen LogP contribution is 2.34. The Morgan fingerprint density at radius 1 is 0.931 bits per heavy atom. The van der Waals surface area contributed by atoms with Gasteiger partial charge in [0.15, 0.2) is 0 Å². The third-order valence-electron chi connectivity index (χ3n) is 4.25. The highest BCUT2D eigenvalue weighted by atomic mass is 32.2. The summed E-state index contributed by atoms with van der Waals surface area (Å²) < 4.78 is 48.4.